The summed E-state index contributed by atoms with van der Waals surface area (Å²) in [6.07, 6.45) is 0.562. The molecule has 18 heavy (non-hydrogen) atoms. The number of rotatable bonds is 4. The van der Waals surface area contributed by atoms with Crippen molar-refractivity contribution in [3.8, 4) is 17.2 Å². The molecule has 1 atom stereocenters. The Bertz CT molecular complexity index is 540. The first-order valence-electron chi connectivity index (χ1n) is 5.52. The molecule has 2 rings (SSSR count). The van der Waals surface area contributed by atoms with Crippen molar-refractivity contribution in [2.24, 2.45) is 5.73 Å². The van der Waals surface area contributed by atoms with E-state index in [9.17, 15) is 0 Å². The number of hydrogen-bond acceptors (Lipinski definition) is 5. The molecule has 2 N–H and O–H groups in total. The topological polar surface area (TPSA) is 74.2 Å². The fourth-order valence-corrected chi connectivity index (χ4v) is 1.75. The first-order chi connectivity index (χ1) is 8.60. The van der Waals surface area contributed by atoms with Gasteiger partial charge in [0, 0.05) is 17.5 Å². The molecular formula is C12H14ClN3O2. The van der Waals surface area contributed by atoms with E-state index in [2.05, 4.69) is 10.1 Å². The van der Waals surface area contributed by atoms with E-state index in [1.807, 2.05) is 6.92 Å². The molecule has 0 fully saturated rings. The summed E-state index contributed by atoms with van der Waals surface area (Å²) in [5.74, 6) is 1.59. The second-order valence-corrected chi connectivity index (χ2v) is 4.48. The van der Waals surface area contributed by atoms with Crippen LogP contribution in [0.2, 0.25) is 5.02 Å². The molecule has 0 saturated carbocycles. The van der Waals surface area contributed by atoms with Crippen LogP contribution in [0.5, 0.6) is 5.75 Å². The lowest BCUT2D eigenvalue weighted by Gasteiger charge is -2.04. The number of nitrogens with two attached hydrogens (primary N) is 1. The highest BCUT2D eigenvalue weighted by Crippen LogP contribution is 2.31. The fraction of sp³-hybridized carbons (Fsp3) is 0.333. The first kappa shape index (κ1) is 12.9. The average Bonchev–Trinajstić information content (AvgIpc) is 2.76. The van der Waals surface area contributed by atoms with Crippen molar-refractivity contribution in [1.82, 2.24) is 10.1 Å². The van der Waals surface area contributed by atoms with Crippen LogP contribution in [0.3, 0.4) is 0 Å². The van der Waals surface area contributed by atoms with Crippen LogP contribution in [-0.4, -0.2) is 23.3 Å². The van der Waals surface area contributed by atoms with E-state index in [0.717, 1.165) is 0 Å². The van der Waals surface area contributed by atoms with Crippen LogP contribution in [0.15, 0.2) is 22.7 Å². The zero-order valence-corrected chi connectivity index (χ0v) is 10.9. The third kappa shape index (κ3) is 2.80. The molecule has 0 aliphatic carbocycles. The summed E-state index contributed by atoms with van der Waals surface area (Å²) in [4.78, 5) is 4.27. The van der Waals surface area contributed by atoms with Gasteiger partial charge in [0.2, 0.25) is 0 Å². The van der Waals surface area contributed by atoms with Crippen molar-refractivity contribution in [2.45, 2.75) is 19.4 Å². The molecule has 0 radical (unpaired) electrons. The van der Waals surface area contributed by atoms with E-state index in [4.69, 9.17) is 26.6 Å². The second kappa shape index (κ2) is 5.37. The van der Waals surface area contributed by atoms with E-state index < -0.39 is 0 Å². The van der Waals surface area contributed by atoms with Gasteiger partial charge in [0.25, 0.3) is 5.89 Å². The molecule has 2 aromatic rings. The Morgan fingerprint density at radius 3 is 2.94 bits per heavy atom. The second-order valence-electron chi connectivity index (χ2n) is 4.04. The molecule has 96 valence electrons. The van der Waals surface area contributed by atoms with Crippen molar-refractivity contribution in [1.29, 1.82) is 0 Å². The number of hydrogen-bond donors (Lipinski definition) is 1. The standard InChI is InChI=1S/C12H14ClN3O2/c1-7(14)5-11-15-12(18-16-11)9-6-8(13)3-4-10(9)17-2/h3-4,6-7H,5,14H2,1-2H3. The third-order valence-electron chi connectivity index (χ3n) is 2.36. The maximum absolute atomic E-state index is 5.95. The van der Waals surface area contributed by atoms with Gasteiger partial charge >= 0.3 is 0 Å². The lowest BCUT2D eigenvalue weighted by Crippen LogP contribution is -2.18. The number of aromatic nitrogens is 2. The molecule has 0 aliphatic heterocycles. The summed E-state index contributed by atoms with van der Waals surface area (Å²) in [5, 5.41) is 4.45. The molecule has 1 aromatic heterocycles. The van der Waals surface area contributed by atoms with Gasteiger partial charge in [-0.1, -0.05) is 16.8 Å². The minimum atomic E-state index is -0.0169. The Kier molecular flexibility index (Phi) is 3.84. The van der Waals surface area contributed by atoms with Crippen LogP contribution >= 0.6 is 11.6 Å². The predicted octanol–water partition coefficient (Wildman–Crippen LogP) is 2.29. The Morgan fingerprint density at radius 2 is 2.28 bits per heavy atom. The van der Waals surface area contributed by atoms with Crippen LogP contribution in [0.25, 0.3) is 11.5 Å². The number of ether oxygens (including phenoxy) is 1. The summed E-state index contributed by atoms with van der Waals surface area (Å²) in [7, 11) is 1.58. The first-order valence-corrected chi connectivity index (χ1v) is 5.90. The summed E-state index contributed by atoms with van der Waals surface area (Å²) >= 11 is 5.95. The summed E-state index contributed by atoms with van der Waals surface area (Å²) < 4.78 is 10.4. The van der Waals surface area contributed by atoms with Gasteiger partial charge in [-0.15, -0.1) is 0 Å². The van der Waals surface area contributed by atoms with Gasteiger partial charge in [-0.25, -0.2) is 0 Å². The van der Waals surface area contributed by atoms with E-state index in [-0.39, 0.29) is 6.04 Å². The van der Waals surface area contributed by atoms with Gasteiger partial charge in [0.15, 0.2) is 5.82 Å². The molecule has 0 bridgehead atoms. The average molecular weight is 268 g/mol. The summed E-state index contributed by atoms with van der Waals surface area (Å²) in [5.41, 5.74) is 6.36. The Hall–Kier alpha value is -1.59. The maximum Gasteiger partial charge on any atom is 0.261 e. The van der Waals surface area contributed by atoms with Crippen molar-refractivity contribution in [3.63, 3.8) is 0 Å². The molecule has 0 saturated heterocycles. The maximum atomic E-state index is 5.95. The number of nitrogens with zero attached hydrogens (tertiary/aromatic N) is 2. The number of halogens is 1. The molecule has 0 amide bonds. The van der Waals surface area contributed by atoms with Gasteiger partial charge in [-0.2, -0.15) is 4.98 Å². The van der Waals surface area contributed by atoms with Crippen LogP contribution < -0.4 is 10.5 Å². The zero-order chi connectivity index (χ0) is 13.1. The monoisotopic (exact) mass is 267 g/mol. The van der Waals surface area contributed by atoms with Crippen LogP contribution in [0.4, 0.5) is 0 Å². The zero-order valence-electron chi connectivity index (χ0n) is 10.2. The number of benzene rings is 1. The largest absolute Gasteiger partial charge is 0.496 e. The minimum Gasteiger partial charge on any atom is -0.496 e. The molecule has 6 heteroatoms. The van der Waals surface area contributed by atoms with Gasteiger partial charge < -0.3 is 15.0 Å². The highest BCUT2D eigenvalue weighted by atomic mass is 35.5. The van der Waals surface area contributed by atoms with E-state index in [0.29, 0.717) is 34.5 Å². The molecule has 1 heterocycles. The highest BCUT2D eigenvalue weighted by Gasteiger charge is 2.14. The molecule has 1 unspecified atom stereocenters. The molecule has 0 aliphatic rings. The van der Waals surface area contributed by atoms with Crippen LogP contribution in [-0.2, 0) is 6.42 Å². The summed E-state index contributed by atoms with van der Waals surface area (Å²) in [6.45, 7) is 1.88. The van der Waals surface area contributed by atoms with Crippen molar-refractivity contribution >= 4 is 11.6 Å². The lowest BCUT2D eigenvalue weighted by atomic mass is 10.2. The Labute approximate surface area is 110 Å². The quantitative estimate of drug-likeness (QED) is 0.920. The normalized spacial score (nSPS) is 12.4. The highest BCUT2D eigenvalue weighted by molar-refractivity contribution is 6.30. The SMILES string of the molecule is COc1ccc(Cl)cc1-c1nc(CC(C)N)no1. The van der Waals surface area contributed by atoms with Crippen LogP contribution in [0, 0.1) is 0 Å². The van der Waals surface area contributed by atoms with E-state index in [1.54, 1.807) is 25.3 Å². The van der Waals surface area contributed by atoms with Gasteiger partial charge in [-0.05, 0) is 25.1 Å². The third-order valence-corrected chi connectivity index (χ3v) is 2.60. The van der Waals surface area contributed by atoms with Gasteiger partial charge in [0.1, 0.15) is 5.75 Å². The van der Waals surface area contributed by atoms with Crippen molar-refractivity contribution < 1.29 is 9.26 Å². The number of methoxy groups -OCH3 is 1. The molecule has 0 spiro atoms. The smallest absolute Gasteiger partial charge is 0.261 e. The van der Waals surface area contributed by atoms with E-state index >= 15 is 0 Å². The van der Waals surface area contributed by atoms with Crippen molar-refractivity contribution in [3.05, 3.63) is 29.0 Å². The summed E-state index contributed by atoms with van der Waals surface area (Å²) in [6, 6.07) is 5.21. The Morgan fingerprint density at radius 1 is 1.50 bits per heavy atom. The lowest BCUT2D eigenvalue weighted by molar-refractivity contribution is 0.402. The van der Waals surface area contributed by atoms with Crippen LogP contribution in [0.1, 0.15) is 12.7 Å². The molecule has 5 nitrogen and oxygen atoms in total. The van der Waals surface area contributed by atoms with Crippen molar-refractivity contribution in [2.75, 3.05) is 7.11 Å². The van der Waals surface area contributed by atoms with E-state index in [1.165, 1.54) is 0 Å². The molecular weight excluding hydrogens is 254 g/mol. The fourth-order valence-electron chi connectivity index (χ4n) is 1.58. The predicted molar refractivity (Wildman–Crippen MR) is 68.6 cm³/mol. The van der Waals surface area contributed by atoms with Gasteiger partial charge in [0.05, 0.1) is 12.7 Å². The Balaban J connectivity index is 2.36. The van der Waals surface area contributed by atoms with Gasteiger partial charge in [-0.3, -0.25) is 0 Å². The molecule has 1 aromatic carbocycles. The minimum absolute atomic E-state index is 0.0169.